The first-order valence-electron chi connectivity index (χ1n) is 10.7. The van der Waals surface area contributed by atoms with Crippen LogP contribution in [-0.4, -0.2) is 26.0 Å². The molecule has 0 fully saturated rings. The summed E-state index contributed by atoms with van der Waals surface area (Å²) < 4.78 is 16.7. The Morgan fingerprint density at radius 3 is 2.56 bits per heavy atom. The number of carbonyl (C=O) groups excluding carboxylic acids is 2. The van der Waals surface area contributed by atoms with Gasteiger partial charge in [-0.2, -0.15) is 0 Å². The lowest BCUT2D eigenvalue weighted by Gasteiger charge is -2.34. The largest absolute Gasteiger partial charge is 0.497 e. The number of methoxy groups -OCH3 is 2. The van der Waals surface area contributed by atoms with E-state index in [2.05, 4.69) is 5.32 Å². The lowest BCUT2D eigenvalue weighted by atomic mass is 9.75. The molecule has 1 aliphatic carbocycles. The van der Waals surface area contributed by atoms with Crippen molar-refractivity contribution in [2.24, 2.45) is 0 Å². The van der Waals surface area contributed by atoms with Crippen LogP contribution in [0, 0.1) is 0 Å². The molecule has 0 spiro atoms. The van der Waals surface area contributed by atoms with Gasteiger partial charge in [0.1, 0.15) is 18.1 Å². The van der Waals surface area contributed by atoms with Gasteiger partial charge in [-0.15, -0.1) is 0 Å². The molecule has 1 heterocycles. The van der Waals surface area contributed by atoms with Gasteiger partial charge in [-0.1, -0.05) is 36.4 Å². The van der Waals surface area contributed by atoms with E-state index in [1.165, 1.54) is 0 Å². The summed E-state index contributed by atoms with van der Waals surface area (Å²) >= 11 is 0. The molecule has 32 heavy (non-hydrogen) atoms. The highest BCUT2D eigenvalue weighted by Crippen LogP contribution is 2.46. The number of nitrogens with one attached hydrogen (secondary N) is 1. The van der Waals surface area contributed by atoms with Crippen molar-refractivity contribution in [2.45, 2.75) is 38.7 Å². The van der Waals surface area contributed by atoms with Crippen molar-refractivity contribution in [2.75, 3.05) is 14.2 Å². The third kappa shape index (κ3) is 4.13. The summed E-state index contributed by atoms with van der Waals surface area (Å²) in [5.74, 6) is 0.220. The first kappa shape index (κ1) is 21.7. The normalized spacial score (nSPS) is 18.1. The van der Waals surface area contributed by atoms with Crippen molar-refractivity contribution in [1.82, 2.24) is 5.32 Å². The highest BCUT2D eigenvalue weighted by Gasteiger charge is 2.40. The Labute approximate surface area is 187 Å². The van der Waals surface area contributed by atoms with Gasteiger partial charge >= 0.3 is 5.97 Å². The first-order chi connectivity index (χ1) is 15.5. The van der Waals surface area contributed by atoms with Crippen LogP contribution in [-0.2, 0) is 20.9 Å². The molecule has 6 heteroatoms. The van der Waals surface area contributed by atoms with Crippen LogP contribution >= 0.6 is 0 Å². The lowest BCUT2D eigenvalue weighted by molar-refractivity contribution is -0.140. The van der Waals surface area contributed by atoms with E-state index in [1.54, 1.807) is 20.3 Å². The Bertz CT molecular complexity index is 1100. The van der Waals surface area contributed by atoms with Gasteiger partial charge in [-0.05, 0) is 31.4 Å². The van der Waals surface area contributed by atoms with Crippen LogP contribution in [0.4, 0.5) is 0 Å². The second-order valence-corrected chi connectivity index (χ2v) is 7.94. The van der Waals surface area contributed by atoms with Gasteiger partial charge in [-0.3, -0.25) is 4.79 Å². The van der Waals surface area contributed by atoms with Crippen molar-refractivity contribution < 1.29 is 23.8 Å². The van der Waals surface area contributed by atoms with E-state index in [0.29, 0.717) is 34.8 Å². The van der Waals surface area contributed by atoms with Crippen LogP contribution in [0.1, 0.15) is 43.2 Å². The Balaban J connectivity index is 1.77. The fourth-order valence-corrected chi connectivity index (χ4v) is 4.42. The standard InChI is InChI=1S/C26H27NO5/c1-16-23(26(29)32-15-17-8-5-4-6-9-17)24(25-20(27-16)10-7-11-21(25)28)19-13-12-18(30-2)14-22(19)31-3/h4-6,8-9,12-14,24,27H,7,10-11,15H2,1-3H3/t24-/m1/s1. The summed E-state index contributed by atoms with van der Waals surface area (Å²) in [7, 11) is 3.15. The average molecular weight is 434 g/mol. The Kier molecular flexibility index (Phi) is 6.30. The highest BCUT2D eigenvalue weighted by atomic mass is 16.5. The van der Waals surface area contributed by atoms with Crippen LogP contribution in [0.5, 0.6) is 11.5 Å². The van der Waals surface area contributed by atoms with E-state index in [0.717, 1.165) is 29.7 Å². The highest BCUT2D eigenvalue weighted by molar-refractivity contribution is 6.04. The van der Waals surface area contributed by atoms with Gasteiger partial charge in [0.05, 0.1) is 25.7 Å². The monoisotopic (exact) mass is 433 g/mol. The molecule has 0 saturated heterocycles. The number of ether oxygens (including phenoxy) is 3. The van der Waals surface area contributed by atoms with Crippen LogP contribution < -0.4 is 14.8 Å². The molecule has 0 radical (unpaired) electrons. The molecule has 1 aliphatic heterocycles. The lowest BCUT2D eigenvalue weighted by Crippen LogP contribution is -2.34. The summed E-state index contributed by atoms with van der Waals surface area (Å²) in [6, 6.07) is 15.0. The van der Waals surface area contributed by atoms with Gasteiger partial charge in [0.15, 0.2) is 5.78 Å². The number of allylic oxidation sites excluding steroid dienone is 3. The maximum Gasteiger partial charge on any atom is 0.337 e. The van der Waals surface area contributed by atoms with E-state index in [1.807, 2.05) is 49.4 Å². The number of dihydropyridines is 1. The number of hydrogen-bond acceptors (Lipinski definition) is 6. The molecular weight excluding hydrogens is 406 g/mol. The molecule has 0 unspecified atom stereocenters. The SMILES string of the molecule is COc1ccc([C@@H]2C(C(=O)OCc3ccccc3)=C(C)NC3=C2C(=O)CCC3)c(OC)c1. The molecule has 2 aliphatic rings. The molecule has 2 aromatic carbocycles. The summed E-state index contributed by atoms with van der Waals surface area (Å²) in [4.78, 5) is 26.4. The third-order valence-corrected chi connectivity index (χ3v) is 5.96. The molecule has 0 amide bonds. The fraction of sp³-hybridized carbons (Fsp3) is 0.308. The first-order valence-corrected chi connectivity index (χ1v) is 10.7. The van der Waals surface area contributed by atoms with Crippen molar-refractivity contribution in [3.05, 3.63) is 82.2 Å². The number of rotatable bonds is 6. The quantitative estimate of drug-likeness (QED) is 0.680. The van der Waals surface area contributed by atoms with Crippen molar-refractivity contribution in [3.8, 4) is 11.5 Å². The van der Waals surface area contributed by atoms with E-state index in [-0.39, 0.29) is 12.4 Å². The van der Waals surface area contributed by atoms with Crippen molar-refractivity contribution >= 4 is 11.8 Å². The number of ketones is 1. The minimum atomic E-state index is -0.567. The topological polar surface area (TPSA) is 73.9 Å². The minimum absolute atomic E-state index is 0.0440. The summed E-state index contributed by atoms with van der Waals surface area (Å²) in [5.41, 5.74) is 4.26. The van der Waals surface area contributed by atoms with Gasteiger partial charge < -0.3 is 19.5 Å². The molecule has 0 saturated carbocycles. The van der Waals surface area contributed by atoms with E-state index in [9.17, 15) is 9.59 Å². The van der Waals surface area contributed by atoms with Gasteiger partial charge in [0, 0.05) is 35.0 Å². The molecule has 1 N–H and O–H groups in total. The van der Waals surface area contributed by atoms with E-state index in [4.69, 9.17) is 14.2 Å². The van der Waals surface area contributed by atoms with Gasteiger partial charge in [0.2, 0.25) is 0 Å². The number of Topliss-reactive ketones (excluding diaryl/α,β-unsaturated/α-hetero) is 1. The molecule has 0 bridgehead atoms. The van der Waals surface area contributed by atoms with Crippen LogP contribution in [0.2, 0.25) is 0 Å². The van der Waals surface area contributed by atoms with E-state index < -0.39 is 11.9 Å². The van der Waals surface area contributed by atoms with Crippen LogP contribution in [0.15, 0.2) is 71.1 Å². The Morgan fingerprint density at radius 2 is 1.84 bits per heavy atom. The maximum absolute atomic E-state index is 13.3. The zero-order valence-corrected chi connectivity index (χ0v) is 18.6. The number of esters is 1. The van der Waals surface area contributed by atoms with E-state index >= 15 is 0 Å². The zero-order valence-electron chi connectivity index (χ0n) is 18.6. The average Bonchev–Trinajstić information content (AvgIpc) is 2.82. The zero-order chi connectivity index (χ0) is 22.7. The fourth-order valence-electron chi connectivity index (χ4n) is 4.42. The predicted molar refractivity (Wildman–Crippen MR) is 120 cm³/mol. The summed E-state index contributed by atoms with van der Waals surface area (Å²) in [6.45, 7) is 2.01. The van der Waals surface area contributed by atoms with Crippen molar-refractivity contribution in [1.29, 1.82) is 0 Å². The van der Waals surface area contributed by atoms with Crippen molar-refractivity contribution in [3.63, 3.8) is 0 Å². The molecule has 2 aromatic rings. The number of benzene rings is 2. The second kappa shape index (κ2) is 9.30. The summed E-state index contributed by atoms with van der Waals surface area (Å²) in [6.07, 6.45) is 2.01. The summed E-state index contributed by atoms with van der Waals surface area (Å²) in [5, 5.41) is 3.31. The number of carbonyl (C=O) groups is 2. The third-order valence-electron chi connectivity index (χ3n) is 5.96. The Hall–Kier alpha value is -3.54. The van der Waals surface area contributed by atoms with Crippen LogP contribution in [0.25, 0.3) is 0 Å². The second-order valence-electron chi connectivity index (χ2n) is 7.94. The van der Waals surface area contributed by atoms with Crippen LogP contribution in [0.3, 0.4) is 0 Å². The molecular formula is C26H27NO5. The molecule has 6 nitrogen and oxygen atoms in total. The molecule has 0 aromatic heterocycles. The Morgan fingerprint density at radius 1 is 1.06 bits per heavy atom. The predicted octanol–water partition coefficient (Wildman–Crippen LogP) is 4.42. The number of hydrogen-bond donors (Lipinski definition) is 1. The molecule has 1 atom stereocenters. The molecule has 4 rings (SSSR count). The van der Waals surface area contributed by atoms with Gasteiger partial charge in [-0.25, -0.2) is 4.79 Å². The minimum Gasteiger partial charge on any atom is -0.497 e. The van der Waals surface area contributed by atoms with Gasteiger partial charge in [0.25, 0.3) is 0 Å². The maximum atomic E-state index is 13.3. The molecule has 166 valence electrons. The smallest absolute Gasteiger partial charge is 0.337 e.